The van der Waals surface area contributed by atoms with Gasteiger partial charge in [0.25, 0.3) is 0 Å². The summed E-state index contributed by atoms with van der Waals surface area (Å²) in [7, 11) is 0. The molecule has 28 heavy (non-hydrogen) atoms. The lowest BCUT2D eigenvalue weighted by atomic mass is 10.0. The predicted octanol–water partition coefficient (Wildman–Crippen LogP) is 7.31. The normalized spacial score (nSPS) is 11.1. The Morgan fingerprint density at radius 1 is 0.571 bits per heavy atom. The van der Waals surface area contributed by atoms with Gasteiger partial charge in [0.2, 0.25) is 5.91 Å². The van der Waals surface area contributed by atoms with E-state index >= 15 is 0 Å². The lowest BCUT2D eigenvalue weighted by molar-refractivity contribution is -0.121. The van der Waals surface area contributed by atoms with Crippen LogP contribution in [0.3, 0.4) is 0 Å². The van der Waals surface area contributed by atoms with Crippen LogP contribution in [-0.2, 0) is 4.79 Å². The maximum Gasteiger partial charge on any atom is 0.220 e. The van der Waals surface area contributed by atoms with Gasteiger partial charge in [-0.2, -0.15) is 0 Å². The van der Waals surface area contributed by atoms with E-state index in [9.17, 15) is 4.79 Å². The molecule has 0 aromatic heterocycles. The first-order chi connectivity index (χ1) is 13.8. The maximum absolute atomic E-state index is 11.4. The topological polar surface area (TPSA) is 49.3 Å². The van der Waals surface area contributed by atoms with Gasteiger partial charge in [-0.1, -0.05) is 129 Å². The van der Waals surface area contributed by atoms with Crippen molar-refractivity contribution in [2.75, 3.05) is 13.2 Å². The highest BCUT2D eigenvalue weighted by atomic mass is 16.3. The van der Waals surface area contributed by atoms with Crippen LogP contribution < -0.4 is 5.32 Å². The van der Waals surface area contributed by atoms with Crippen molar-refractivity contribution in [3.8, 4) is 0 Å². The zero-order valence-electron chi connectivity index (χ0n) is 19.1. The first-order valence-electron chi connectivity index (χ1n) is 12.7. The Morgan fingerprint density at radius 3 is 1.21 bits per heavy atom. The average Bonchev–Trinajstić information content (AvgIpc) is 2.70. The summed E-state index contributed by atoms with van der Waals surface area (Å²) in [5.74, 6) is 0.0801. The van der Waals surface area contributed by atoms with Crippen molar-refractivity contribution in [1.29, 1.82) is 0 Å². The lowest BCUT2D eigenvalue weighted by Gasteiger charge is -2.04. The van der Waals surface area contributed by atoms with Gasteiger partial charge in [-0.3, -0.25) is 4.79 Å². The van der Waals surface area contributed by atoms with Crippen LogP contribution in [0.4, 0.5) is 0 Å². The number of carbonyl (C=O) groups is 1. The highest BCUT2D eigenvalue weighted by Crippen LogP contribution is 2.15. The van der Waals surface area contributed by atoms with Crippen LogP contribution >= 0.6 is 0 Å². The molecule has 2 N–H and O–H groups in total. The van der Waals surface area contributed by atoms with Crippen LogP contribution in [0.2, 0.25) is 0 Å². The Balaban J connectivity index is 3.04. The molecule has 0 spiro atoms. The van der Waals surface area contributed by atoms with Gasteiger partial charge in [-0.15, -0.1) is 0 Å². The number of aliphatic hydroxyl groups excluding tert-OH is 1. The van der Waals surface area contributed by atoms with Gasteiger partial charge in [0.15, 0.2) is 0 Å². The number of hydrogen-bond donors (Lipinski definition) is 2. The Labute approximate surface area is 176 Å². The standard InChI is InChI=1S/C25H51NO2/c1-2-3-4-5-6-7-8-9-10-11-12-13-14-15-16-17-18-19-20-21-22-25(28)26-23-24-27/h27H,2-24H2,1H3,(H,26,28). The summed E-state index contributed by atoms with van der Waals surface area (Å²) in [6.07, 6.45) is 28.2. The van der Waals surface area contributed by atoms with E-state index in [4.69, 9.17) is 5.11 Å². The Bertz CT molecular complexity index is 307. The van der Waals surface area contributed by atoms with Crippen molar-refractivity contribution in [3.63, 3.8) is 0 Å². The minimum absolute atomic E-state index is 0.0327. The second-order valence-corrected chi connectivity index (χ2v) is 8.54. The molecule has 0 aromatic carbocycles. The molecule has 0 aliphatic carbocycles. The highest BCUT2D eigenvalue weighted by Gasteiger charge is 2.00. The van der Waals surface area contributed by atoms with Crippen LogP contribution in [0.5, 0.6) is 0 Å². The molecule has 1 amide bonds. The fourth-order valence-corrected chi connectivity index (χ4v) is 3.82. The largest absolute Gasteiger partial charge is 0.395 e. The predicted molar refractivity (Wildman–Crippen MR) is 123 cm³/mol. The molecule has 168 valence electrons. The number of rotatable bonds is 23. The van der Waals surface area contributed by atoms with Gasteiger partial charge < -0.3 is 10.4 Å². The van der Waals surface area contributed by atoms with Gasteiger partial charge in [0, 0.05) is 13.0 Å². The first-order valence-corrected chi connectivity index (χ1v) is 12.7. The summed E-state index contributed by atoms with van der Waals surface area (Å²) in [4.78, 5) is 11.4. The molecular formula is C25H51NO2. The first kappa shape index (κ1) is 27.4. The Morgan fingerprint density at radius 2 is 0.893 bits per heavy atom. The number of carbonyl (C=O) groups excluding carboxylic acids is 1. The quantitative estimate of drug-likeness (QED) is 0.178. The lowest BCUT2D eigenvalue weighted by Crippen LogP contribution is -2.25. The summed E-state index contributed by atoms with van der Waals surface area (Å²) in [6, 6.07) is 0. The van der Waals surface area contributed by atoms with Crippen molar-refractivity contribution in [2.45, 2.75) is 142 Å². The summed E-state index contributed by atoms with van der Waals surface area (Å²) >= 11 is 0. The molecule has 0 bridgehead atoms. The van der Waals surface area contributed by atoms with Crippen LogP contribution in [0, 0.1) is 0 Å². The Kier molecular flexibility index (Phi) is 24.0. The molecule has 0 radical (unpaired) electrons. The molecule has 0 unspecified atom stereocenters. The highest BCUT2D eigenvalue weighted by molar-refractivity contribution is 5.75. The van der Waals surface area contributed by atoms with E-state index in [1.165, 1.54) is 116 Å². The monoisotopic (exact) mass is 397 g/mol. The summed E-state index contributed by atoms with van der Waals surface area (Å²) in [5, 5.41) is 11.3. The summed E-state index contributed by atoms with van der Waals surface area (Å²) < 4.78 is 0. The minimum atomic E-state index is 0.0327. The summed E-state index contributed by atoms with van der Waals surface area (Å²) in [6.45, 7) is 2.71. The van der Waals surface area contributed by atoms with Gasteiger partial charge >= 0.3 is 0 Å². The molecular weight excluding hydrogens is 346 g/mol. The number of hydrogen-bond acceptors (Lipinski definition) is 2. The van der Waals surface area contributed by atoms with Crippen LogP contribution in [0.15, 0.2) is 0 Å². The van der Waals surface area contributed by atoms with Crippen molar-refractivity contribution in [3.05, 3.63) is 0 Å². The number of aliphatic hydroxyl groups is 1. The summed E-state index contributed by atoms with van der Waals surface area (Å²) in [5.41, 5.74) is 0. The Hall–Kier alpha value is -0.570. The van der Waals surface area contributed by atoms with Crippen molar-refractivity contribution in [1.82, 2.24) is 5.32 Å². The minimum Gasteiger partial charge on any atom is -0.395 e. The van der Waals surface area contributed by atoms with E-state index in [0.717, 1.165) is 12.8 Å². The SMILES string of the molecule is CCCCCCCCCCCCCCCCCCCCCCC(=O)NCCO. The third-order valence-corrected chi connectivity index (χ3v) is 5.69. The molecule has 0 saturated heterocycles. The van der Waals surface area contributed by atoms with Crippen LogP contribution in [0.25, 0.3) is 0 Å². The van der Waals surface area contributed by atoms with Gasteiger partial charge in [-0.05, 0) is 6.42 Å². The van der Waals surface area contributed by atoms with E-state index in [-0.39, 0.29) is 12.5 Å². The molecule has 0 heterocycles. The van der Waals surface area contributed by atoms with E-state index in [2.05, 4.69) is 12.2 Å². The third kappa shape index (κ3) is 23.5. The molecule has 3 heteroatoms. The molecule has 0 fully saturated rings. The zero-order chi connectivity index (χ0) is 20.5. The number of nitrogens with one attached hydrogen (secondary N) is 1. The second-order valence-electron chi connectivity index (χ2n) is 8.54. The fourth-order valence-electron chi connectivity index (χ4n) is 3.82. The molecule has 0 aliphatic heterocycles. The molecule has 0 aromatic rings. The van der Waals surface area contributed by atoms with Gasteiger partial charge in [0.05, 0.1) is 6.61 Å². The van der Waals surface area contributed by atoms with E-state index in [0.29, 0.717) is 13.0 Å². The fraction of sp³-hybridized carbons (Fsp3) is 0.960. The van der Waals surface area contributed by atoms with Crippen LogP contribution in [0.1, 0.15) is 142 Å². The molecule has 0 saturated carbocycles. The molecule has 0 atom stereocenters. The smallest absolute Gasteiger partial charge is 0.220 e. The van der Waals surface area contributed by atoms with Gasteiger partial charge in [-0.25, -0.2) is 0 Å². The van der Waals surface area contributed by atoms with Crippen molar-refractivity contribution in [2.24, 2.45) is 0 Å². The molecule has 3 nitrogen and oxygen atoms in total. The third-order valence-electron chi connectivity index (χ3n) is 5.69. The van der Waals surface area contributed by atoms with E-state index in [1.54, 1.807) is 0 Å². The molecule has 0 aliphatic rings. The maximum atomic E-state index is 11.4. The van der Waals surface area contributed by atoms with Crippen molar-refractivity contribution >= 4 is 5.91 Å². The average molecular weight is 398 g/mol. The van der Waals surface area contributed by atoms with E-state index < -0.39 is 0 Å². The van der Waals surface area contributed by atoms with Crippen molar-refractivity contribution < 1.29 is 9.90 Å². The van der Waals surface area contributed by atoms with E-state index in [1.807, 2.05) is 0 Å². The second kappa shape index (κ2) is 24.5. The van der Waals surface area contributed by atoms with Gasteiger partial charge in [0.1, 0.15) is 0 Å². The zero-order valence-corrected chi connectivity index (χ0v) is 19.1. The number of amides is 1. The number of unbranched alkanes of at least 4 members (excludes halogenated alkanes) is 19. The molecule has 0 rings (SSSR count). The van der Waals surface area contributed by atoms with Crippen LogP contribution in [-0.4, -0.2) is 24.2 Å².